The maximum Gasteiger partial charge on any atom is 0.427 e. The Hall–Kier alpha value is -3.22. The Kier molecular flexibility index (Phi) is 7.79. The van der Waals surface area contributed by atoms with E-state index in [4.69, 9.17) is 14.2 Å². The third-order valence-electron chi connectivity index (χ3n) is 3.32. The zero-order chi connectivity index (χ0) is 18.6. The largest absolute Gasteiger partial charge is 0.497 e. The van der Waals surface area contributed by atoms with Gasteiger partial charge in [0.1, 0.15) is 17.2 Å². The number of nitrogens with one attached hydrogen (secondary N) is 1. The first-order valence-corrected chi connectivity index (χ1v) is 8.08. The molecule has 26 heavy (non-hydrogen) atoms. The first kappa shape index (κ1) is 19.1. The summed E-state index contributed by atoms with van der Waals surface area (Å²) in [4.78, 5) is 11.0. The van der Waals surface area contributed by atoms with E-state index in [1.807, 2.05) is 48.5 Å². The molecule has 2 rings (SSSR count). The number of hydrogen-bond donors (Lipinski definition) is 1. The van der Waals surface area contributed by atoms with Crippen molar-refractivity contribution in [3.8, 4) is 17.2 Å². The molecule has 2 aromatic carbocycles. The van der Waals surface area contributed by atoms with Crippen molar-refractivity contribution in [2.24, 2.45) is 5.10 Å². The highest BCUT2D eigenvalue weighted by molar-refractivity contribution is 5.84. The van der Waals surface area contributed by atoms with Gasteiger partial charge in [-0.15, -0.1) is 0 Å². The highest BCUT2D eigenvalue weighted by atomic mass is 16.5. The Balaban J connectivity index is 1.77. The summed E-state index contributed by atoms with van der Waals surface area (Å²) < 4.78 is 21.0. The van der Waals surface area contributed by atoms with Crippen LogP contribution in [-0.2, 0) is 4.74 Å². The third-order valence-corrected chi connectivity index (χ3v) is 3.32. The number of carbonyl (C=O) groups is 1. The van der Waals surface area contributed by atoms with Crippen LogP contribution in [0, 0.1) is 0 Å². The normalized spacial score (nSPS) is 10.4. The van der Waals surface area contributed by atoms with Crippen molar-refractivity contribution in [2.45, 2.75) is 6.42 Å². The van der Waals surface area contributed by atoms with Crippen LogP contribution in [0.2, 0.25) is 0 Å². The minimum atomic E-state index is -0.630. The average Bonchev–Trinajstić information content (AvgIpc) is 2.68. The van der Waals surface area contributed by atoms with Crippen LogP contribution >= 0.6 is 0 Å². The van der Waals surface area contributed by atoms with E-state index in [-0.39, 0.29) is 0 Å². The molecule has 1 amide bonds. The number of methoxy groups -OCH3 is 2. The van der Waals surface area contributed by atoms with Gasteiger partial charge in [-0.25, -0.2) is 10.2 Å². The molecule has 0 aliphatic heterocycles. The number of nitrogens with zero attached hydrogens (tertiary/aromatic N) is 1. The van der Waals surface area contributed by atoms with Gasteiger partial charge in [0.15, 0.2) is 0 Å². The number of hydrazone groups is 1. The lowest BCUT2D eigenvalue weighted by Gasteiger charge is -2.10. The highest BCUT2D eigenvalue weighted by Crippen LogP contribution is 2.19. The van der Waals surface area contributed by atoms with Gasteiger partial charge < -0.3 is 18.9 Å². The van der Waals surface area contributed by atoms with E-state index in [0.29, 0.717) is 25.4 Å². The number of hydrogen-bond acceptors (Lipinski definition) is 6. The van der Waals surface area contributed by atoms with Crippen molar-refractivity contribution in [1.29, 1.82) is 0 Å². The van der Waals surface area contributed by atoms with Gasteiger partial charge >= 0.3 is 6.09 Å². The van der Waals surface area contributed by atoms with Gasteiger partial charge in [-0.05, 0) is 24.3 Å². The zero-order valence-electron chi connectivity index (χ0n) is 14.8. The number of para-hydroxylation sites is 1. The van der Waals surface area contributed by atoms with Gasteiger partial charge in [0, 0.05) is 18.1 Å². The van der Waals surface area contributed by atoms with Crippen LogP contribution in [0.25, 0.3) is 0 Å². The minimum Gasteiger partial charge on any atom is -0.497 e. The summed E-state index contributed by atoms with van der Waals surface area (Å²) in [5.41, 5.74) is 2.98. The van der Waals surface area contributed by atoms with Crippen LogP contribution in [0.3, 0.4) is 0 Å². The SMILES string of the molecule is COC(=O)N/N=C\c1ccccc1OCCCOc1cccc(OC)c1. The summed E-state index contributed by atoms with van der Waals surface area (Å²) in [7, 11) is 2.89. The van der Waals surface area contributed by atoms with Crippen LogP contribution < -0.4 is 19.6 Å². The topological polar surface area (TPSA) is 78.4 Å². The van der Waals surface area contributed by atoms with Crippen LogP contribution in [0.4, 0.5) is 4.79 Å². The molecule has 0 aliphatic carbocycles. The van der Waals surface area contributed by atoms with E-state index in [0.717, 1.165) is 17.1 Å². The van der Waals surface area contributed by atoms with Gasteiger partial charge in [0.2, 0.25) is 0 Å². The molecule has 0 aromatic heterocycles. The van der Waals surface area contributed by atoms with E-state index in [1.165, 1.54) is 13.3 Å². The van der Waals surface area contributed by atoms with E-state index in [9.17, 15) is 4.79 Å². The van der Waals surface area contributed by atoms with E-state index in [1.54, 1.807) is 7.11 Å². The van der Waals surface area contributed by atoms with Crippen LogP contribution in [0.1, 0.15) is 12.0 Å². The van der Waals surface area contributed by atoms with Gasteiger partial charge in [-0.1, -0.05) is 18.2 Å². The number of benzene rings is 2. The molecule has 0 unspecified atom stereocenters. The molecular formula is C19H22N2O5. The zero-order valence-corrected chi connectivity index (χ0v) is 14.8. The lowest BCUT2D eigenvalue weighted by atomic mass is 10.2. The van der Waals surface area contributed by atoms with E-state index < -0.39 is 6.09 Å². The Labute approximate surface area is 152 Å². The van der Waals surface area contributed by atoms with E-state index in [2.05, 4.69) is 15.3 Å². The van der Waals surface area contributed by atoms with Gasteiger partial charge in [0.05, 0.1) is 33.6 Å². The lowest BCUT2D eigenvalue weighted by Crippen LogP contribution is -2.16. The summed E-state index contributed by atoms with van der Waals surface area (Å²) in [6.07, 6.45) is 1.58. The summed E-state index contributed by atoms with van der Waals surface area (Å²) >= 11 is 0. The summed E-state index contributed by atoms with van der Waals surface area (Å²) in [6, 6.07) is 14.9. The number of rotatable bonds is 9. The van der Waals surface area contributed by atoms with Crippen LogP contribution in [0.5, 0.6) is 17.2 Å². The molecule has 0 saturated carbocycles. The second kappa shape index (κ2) is 10.6. The van der Waals surface area contributed by atoms with Gasteiger partial charge in [0.25, 0.3) is 0 Å². The molecule has 0 fully saturated rings. The Morgan fingerprint density at radius 3 is 2.62 bits per heavy atom. The van der Waals surface area contributed by atoms with Crippen molar-refractivity contribution in [2.75, 3.05) is 27.4 Å². The fourth-order valence-electron chi connectivity index (χ4n) is 2.04. The maximum atomic E-state index is 11.0. The van der Waals surface area contributed by atoms with Crippen molar-refractivity contribution in [3.63, 3.8) is 0 Å². The summed E-state index contributed by atoms with van der Waals surface area (Å²) in [6.45, 7) is 1.01. The quantitative estimate of drug-likeness (QED) is 0.423. The fourth-order valence-corrected chi connectivity index (χ4v) is 2.04. The van der Waals surface area contributed by atoms with Crippen molar-refractivity contribution in [3.05, 3.63) is 54.1 Å². The van der Waals surface area contributed by atoms with Crippen molar-refractivity contribution >= 4 is 12.3 Å². The smallest absolute Gasteiger partial charge is 0.427 e. The number of ether oxygens (including phenoxy) is 4. The standard InChI is InChI=1S/C19H22N2O5/c1-23-16-8-5-9-17(13-16)25-11-6-12-26-18-10-4-3-7-15(18)14-20-21-19(22)24-2/h3-5,7-10,13-14H,6,11-12H2,1-2H3,(H,21,22)/b20-14-. The molecule has 0 atom stereocenters. The molecule has 7 heteroatoms. The second-order valence-corrected chi connectivity index (χ2v) is 5.13. The fraction of sp³-hybridized carbons (Fsp3) is 0.263. The molecule has 7 nitrogen and oxygen atoms in total. The Bertz CT molecular complexity index is 733. The Morgan fingerprint density at radius 1 is 1.04 bits per heavy atom. The number of carbonyl (C=O) groups excluding carboxylic acids is 1. The first-order valence-electron chi connectivity index (χ1n) is 8.08. The monoisotopic (exact) mass is 358 g/mol. The summed E-state index contributed by atoms with van der Waals surface area (Å²) in [5, 5.41) is 3.81. The highest BCUT2D eigenvalue weighted by Gasteiger charge is 2.02. The van der Waals surface area contributed by atoms with Gasteiger partial charge in [-0.2, -0.15) is 5.10 Å². The van der Waals surface area contributed by atoms with Crippen LogP contribution in [0.15, 0.2) is 53.6 Å². The number of amides is 1. The first-order chi connectivity index (χ1) is 12.7. The molecule has 0 saturated heterocycles. The summed E-state index contributed by atoms with van der Waals surface area (Å²) in [5.74, 6) is 2.18. The molecule has 138 valence electrons. The predicted octanol–water partition coefficient (Wildman–Crippen LogP) is 3.23. The Morgan fingerprint density at radius 2 is 1.81 bits per heavy atom. The molecule has 0 heterocycles. The maximum absolute atomic E-state index is 11.0. The van der Waals surface area contributed by atoms with Crippen LogP contribution in [-0.4, -0.2) is 39.7 Å². The molecule has 1 N–H and O–H groups in total. The predicted molar refractivity (Wildman–Crippen MR) is 98.2 cm³/mol. The van der Waals surface area contributed by atoms with E-state index >= 15 is 0 Å². The molecule has 0 radical (unpaired) electrons. The molecule has 0 aliphatic rings. The van der Waals surface area contributed by atoms with Crippen molar-refractivity contribution in [1.82, 2.24) is 5.43 Å². The third kappa shape index (κ3) is 6.35. The minimum absolute atomic E-state index is 0.485. The molecular weight excluding hydrogens is 336 g/mol. The molecule has 0 bridgehead atoms. The molecule has 2 aromatic rings. The average molecular weight is 358 g/mol. The van der Waals surface area contributed by atoms with Gasteiger partial charge in [-0.3, -0.25) is 0 Å². The molecule has 0 spiro atoms. The van der Waals surface area contributed by atoms with Crippen molar-refractivity contribution < 1.29 is 23.7 Å². The second-order valence-electron chi connectivity index (χ2n) is 5.13. The lowest BCUT2D eigenvalue weighted by molar-refractivity contribution is 0.171.